The van der Waals surface area contributed by atoms with E-state index in [0.717, 1.165) is 16.0 Å². The van der Waals surface area contributed by atoms with Crippen LogP contribution in [-0.4, -0.2) is 22.5 Å². The monoisotopic (exact) mass is 324 g/mol. The normalized spacial score (nSPS) is 11.6. The number of hydrogen-bond donors (Lipinski definition) is 1. The van der Waals surface area contributed by atoms with Crippen LogP contribution < -0.4 is 9.62 Å². The van der Waals surface area contributed by atoms with Crippen molar-refractivity contribution in [2.75, 3.05) is 18.4 Å². The van der Waals surface area contributed by atoms with E-state index in [4.69, 9.17) is 0 Å². The lowest BCUT2D eigenvalue weighted by atomic mass is 10.1. The molecule has 4 nitrogen and oxygen atoms in total. The number of anilines is 1. The first kappa shape index (κ1) is 16.0. The Morgan fingerprint density at radius 2 is 1.76 bits per heavy atom. The van der Waals surface area contributed by atoms with Gasteiger partial charge in [0, 0.05) is 18.5 Å². The van der Waals surface area contributed by atoms with Crippen LogP contribution in [0.1, 0.15) is 16.0 Å². The van der Waals surface area contributed by atoms with E-state index >= 15 is 0 Å². The standard InChI is InChI=1S/C15H20N2O2S2/c1-11-7-12(2)9-13(8-11)17(4)21(18,19)15-6-5-14(20-15)10-16-3/h5-9,16H,10H2,1-4H3. The summed E-state index contributed by atoms with van der Waals surface area (Å²) in [4.78, 5) is 1.00. The maximum Gasteiger partial charge on any atom is 0.273 e. The molecule has 0 unspecified atom stereocenters. The van der Waals surface area contributed by atoms with Crippen LogP contribution >= 0.6 is 11.3 Å². The van der Waals surface area contributed by atoms with Crippen molar-refractivity contribution in [1.82, 2.24) is 5.32 Å². The van der Waals surface area contributed by atoms with Crippen LogP contribution in [0, 0.1) is 13.8 Å². The van der Waals surface area contributed by atoms with Crippen molar-refractivity contribution in [2.24, 2.45) is 0 Å². The van der Waals surface area contributed by atoms with Gasteiger partial charge in [-0.15, -0.1) is 11.3 Å². The number of aryl methyl sites for hydroxylation is 2. The van der Waals surface area contributed by atoms with E-state index in [0.29, 0.717) is 16.4 Å². The number of benzene rings is 1. The zero-order valence-electron chi connectivity index (χ0n) is 12.7. The molecular formula is C15H20N2O2S2. The molecule has 0 radical (unpaired) electrons. The average Bonchev–Trinajstić information content (AvgIpc) is 2.86. The van der Waals surface area contributed by atoms with E-state index in [1.54, 1.807) is 13.1 Å². The van der Waals surface area contributed by atoms with Gasteiger partial charge in [0.05, 0.1) is 5.69 Å². The SMILES string of the molecule is CNCc1ccc(S(=O)(=O)N(C)c2cc(C)cc(C)c2)s1. The minimum atomic E-state index is -3.50. The highest BCUT2D eigenvalue weighted by molar-refractivity contribution is 7.94. The molecule has 0 fully saturated rings. The van der Waals surface area contributed by atoms with Gasteiger partial charge in [-0.05, 0) is 56.3 Å². The summed E-state index contributed by atoms with van der Waals surface area (Å²) >= 11 is 1.30. The van der Waals surface area contributed by atoms with Gasteiger partial charge in [0.15, 0.2) is 0 Å². The molecule has 0 saturated carbocycles. The topological polar surface area (TPSA) is 49.4 Å². The van der Waals surface area contributed by atoms with Gasteiger partial charge >= 0.3 is 0 Å². The quantitative estimate of drug-likeness (QED) is 0.920. The van der Waals surface area contributed by atoms with E-state index in [1.807, 2.05) is 45.2 Å². The van der Waals surface area contributed by atoms with Crippen LogP contribution in [0.15, 0.2) is 34.5 Å². The maximum atomic E-state index is 12.7. The maximum absolute atomic E-state index is 12.7. The Kier molecular flexibility index (Phi) is 4.70. The highest BCUT2D eigenvalue weighted by Crippen LogP contribution is 2.28. The van der Waals surface area contributed by atoms with Crippen LogP contribution in [0.5, 0.6) is 0 Å². The summed E-state index contributed by atoms with van der Waals surface area (Å²) in [5.74, 6) is 0. The third-order valence-electron chi connectivity index (χ3n) is 3.17. The zero-order chi connectivity index (χ0) is 15.6. The number of nitrogens with zero attached hydrogens (tertiary/aromatic N) is 1. The Balaban J connectivity index is 2.37. The molecule has 0 amide bonds. The molecule has 0 atom stereocenters. The average molecular weight is 324 g/mol. The molecule has 114 valence electrons. The van der Waals surface area contributed by atoms with Gasteiger partial charge in [0.25, 0.3) is 10.0 Å². The van der Waals surface area contributed by atoms with Gasteiger partial charge in [-0.1, -0.05) is 6.07 Å². The number of hydrogen-bond acceptors (Lipinski definition) is 4. The Hall–Kier alpha value is -1.37. The lowest BCUT2D eigenvalue weighted by Gasteiger charge is -2.19. The number of sulfonamides is 1. The van der Waals surface area contributed by atoms with Gasteiger partial charge in [-0.25, -0.2) is 8.42 Å². The van der Waals surface area contributed by atoms with E-state index in [9.17, 15) is 8.42 Å². The van der Waals surface area contributed by atoms with Gasteiger partial charge in [-0.3, -0.25) is 4.31 Å². The van der Waals surface area contributed by atoms with Crippen molar-refractivity contribution < 1.29 is 8.42 Å². The fourth-order valence-electron chi connectivity index (χ4n) is 2.17. The van der Waals surface area contributed by atoms with Crippen LogP contribution in [-0.2, 0) is 16.6 Å². The lowest BCUT2D eigenvalue weighted by Crippen LogP contribution is -2.25. The van der Waals surface area contributed by atoms with Crippen LogP contribution in [0.2, 0.25) is 0 Å². The van der Waals surface area contributed by atoms with E-state index in [1.165, 1.54) is 15.6 Å². The van der Waals surface area contributed by atoms with Crippen molar-refractivity contribution in [3.8, 4) is 0 Å². The molecule has 0 spiro atoms. The van der Waals surface area contributed by atoms with Crippen LogP contribution in [0.3, 0.4) is 0 Å². The molecule has 2 rings (SSSR count). The predicted octanol–water partition coefficient (Wildman–Crippen LogP) is 2.91. The van der Waals surface area contributed by atoms with Crippen molar-refractivity contribution in [3.05, 3.63) is 46.3 Å². The smallest absolute Gasteiger partial charge is 0.273 e. The minimum Gasteiger partial charge on any atom is -0.315 e. The molecule has 6 heteroatoms. The van der Waals surface area contributed by atoms with Crippen molar-refractivity contribution in [1.29, 1.82) is 0 Å². The van der Waals surface area contributed by atoms with E-state index in [-0.39, 0.29) is 0 Å². The molecule has 1 N–H and O–H groups in total. The second kappa shape index (κ2) is 6.17. The Morgan fingerprint density at radius 1 is 1.14 bits per heavy atom. The molecule has 1 aromatic heterocycles. The molecule has 21 heavy (non-hydrogen) atoms. The largest absolute Gasteiger partial charge is 0.315 e. The molecule has 0 aliphatic heterocycles. The fourth-order valence-corrected chi connectivity index (χ4v) is 4.89. The fraction of sp³-hybridized carbons (Fsp3) is 0.333. The Labute approximate surface area is 130 Å². The van der Waals surface area contributed by atoms with Crippen LogP contribution in [0.25, 0.3) is 0 Å². The highest BCUT2D eigenvalue weighted by Gasteiger charge is 2.23. The van der Waals surface area contributed by atoms with Crippen molar-refractivity contribution >= 4 is 27.0 Å². The highest BCUT2D eigenvalue weighted by atomic mass is 32.2. The number of nitrogens with one attached hydrogen (secondary N) is 1. The molecule has 1 heterocycles. The second-order valence-electron chi connectivity index (χ2n) is 5.07. The van der Waals surface area contributed by atoms with Gasteiger partial charge < -0.3 is 5.32 Å². The second-order valence-corrected chi connectivity index (χ2v) is 8.43. The summed E-state index contributed by atoms with van der Waals surface area (Å²) in [6.45, 7) is 4.60. The van der Waals surface area contributed by atoms with Gasteiger partial charge in [-0.2, -0.15) is 0 Å². The Bertz CT molecular complexity index is 716. The minimum absolute atomic E-state index is 0.370. The molecule has 1 aromatic carbocycles. The predicted molar refractivity (Wildman–Crippen MR) is 88.6 cm³/mol. The van der Waals surface area contributed by atoms with E-state index in [2.05, 4.69) is 5.32 Å². The molecule has 0 bridgehead atoms. The number of rotatable bonds is 5. The van der Waals surface area contributed by atoms with Crippen molar-refractivity contribution in [2.45, 2.75) is 24.6 Å². The third kappa shape index (κ3) is 3.45. The summed E-state index contributed by atoms with van der Waals surface area (Å²) in [5, 5.41) is 3.03. The van der Waals surface area contributed by atoms with Gasteiger partial charge in [0.1, 0.15) is 4.21 Å². The molecule has 0 saturated heterocycles. The lowest BCUT2D eigenvalue weighted by molar-refractivity contribution is 0.596. The first-order chi connectivity index (χ1) is 9.84. The molecule has 0 aliphatic carbocycles. The zero-order valence-corrected chi connectivity index (χ0v) is 14.3. The van der Waals surface area contributed by atoms with Crippen LogP contribution in [0.4, 0.5) is 5.69 Å². The summed E-state index contributed by atoms with van der Waals surface area (Å²) < 4.78 is 27.1. The van der Waals surface area contributed by atoms with E-state index < -0.39 is 10.0 Å². The molecular weight excluding hydrogens is 304 g/mol. The molecule has 2 aromatic rings. The number of thiophene rings is 1. The summed E-state index contributed by atoms with van der Waals surface area (Å²) in [7, 11) is -0.0579. The third-order valence-corrected chi connectivity index (χ3v) is 6.51. The first-order valence-electron chi connectivity index (χ1n) is 6.65. The molecule has 0 aliphatic rings. The summed E-state index contributed by atoms with van der Waals surface area (Å²) in [6, 6.07) is 9.31. The first-order valence-corrected chi connectivity index (χ1v) is 8.91. The van der Waals surface area contributed by atoms with Gasteiger partial charge in [0.2, 0.25) is 0 Å². The summed E-state index contributed by atoms with van der Waals surface area (Å²) in [5.41, 5.74) is 2.79. The Morgan fingerprint density at radius 3 is 2.33 bits per heavy atom. The summed E-state index contributed by atoms with van der Waals surface area (Å²) in [6.07, 6.45) is 0. The van der Waals surface area contributed by atoms with Crippen molar-refractivity contribution in [3.63, 3.8) is 0 Å².